The molecular weight excluding hydrogens is 308 g/mol. The molecular formula is C19H21ClN2O. The van der Waals surface area contributed by atoms with Crippen LogP contribution in [0.5, 0.6) is 5.75 Å². The van der Waals surface area contributed by atoms with Crippen LogP contribution in [-0.2, 0) is 6.54 Å². The van der Waals surface area contributed by atoms with E-state index in [0.29, 0.717) is 6.61 Å². The van der Waals surface area contributed by atoms with E-state index in [9.17, 15) is 0 Å². The van der Waals surface area contributed by atoms with Crippen molar-refractivity contribution in [3.05, 3.63) is 58.9 Å². The van der Waals surface area contributed by atoms with Gasteiger partial charge in [0.25, 0.3) is 0 Å². The number of fused-ring (bicyclic) bond motifs is 1. The quantitative estimate of drug-likeness (QED) is 0.584. The van der Waals surface area contributed by atoms with E-state index in [0.717, 1.165) is 46.8 Å². The summed E-state index contributed by atoms with van der Waals surface area (Å²) < 4.78 is 8.10. The topological polar surface area (TPSA) is 27.1 Å². The lowest BCUT2D eigenvalue weighted by atomic mass is 10.1. The second-order valence-electron chi connectivity index (χ2n) is 5.78. The molecule has 0 unspecified atom stereocenters. The van der Waals surface area contributed by atoms with Crippen molar-refractivity contribution in [2.75, 3.05) is 6.61 Å². The van der Waals surface area contributed by atoms with Gasteiger partial charge in [-0.1, -0.05) is 23.7 Å². The smallest absolute Gasteiger partial charge is 0.122 e. The zero-order valence-electron chi connectivity index (χ0n) is 13.6. The predicted octanol–water partition coefficient (Wildman–Crippen LogP) is 5.17. The molecule has 0 atom stereocenters. The maximum Gasteiger partial charge on any atom is 0.122 e. The van der Waals surface area contributed by atoms with Gasteiger partial charge in [-0.25, -0.2) is 4.98 Å². The number of rotatable bonds is 6. The van der Waals surface area contributed by atoms with Gasteiger partial charge in [-0.2, -0.15) is 0 Å². The number of ether oxygens (including phenoxy) is 1. The Bertz CT molecular complexity index is 810. The van der Waals surface area contributed by atoms with E-state index >= 15 is 0 Å². The monoisotopic (exact) mass is 328 g/mol. The summed E-state index contributed by atoms with van der Waals surface area (Å²) >= 11 is 6.11. The van der Waals surface area contributed by atoms with E-state index in [1.54, 1.807) is 0 Å². The number of aryl methyl sites for hydroxylation is 1. The van der Waals surface area contributed by atoms with Crippen molar-refractivity contribution in [1.29, 1.82) is 0 Å². The van der Waals surface area contributed by atoms with Crippen LogP contribution in [0.3, 0.4) is 0 Å². The molecule has 1 aromatic heterocycles. The van der Waals surface area contributed by atoms with E-state index in [1.165, 1.54) is 5.52 Å². The van der Waals surface area contributed by atoms with Crippen LogP contribution in [0.4, 0.5) is 0 Å². The van der Waals surface area contributed by atoms with Crippen LogP contribution in [0.15, 0.2) is 42.7 Å². The summed E-state index contributed by atoms with van der Waals surface area (Å²) in [6.07, 6.45) is 3.98. The van der Waals surface area contributed by atoms with Crippen LogP contribution in [0.25, 0.3) is 11.0 Å². The molecule has 0 aliphatic heterocycles. The van der Waals surface area contributed by atoms with Crippen molar-refractivity contribution in [3.8, 4) is 5.75 Å². The molecule has 1 heterocycles. The molecule has 0 aliphatic carbocycles. The fraction of sp³-hybridized carbons (Fsp3) is 0.316. The number of aromatic nitrogens is 2. The van der Waals surface area contributed by atoms with Crippen molar-refractivity contribution >= 4 is 22.6 Å². The van der Waals surface area contributed by atoms with E-state index in [1.807, 2.05) is 44.4 Å². The number of benzene rings is 2. The van der Waals surface area contributed by atoms with Crippen LogP contribution >= 0.6 is 11.6 Å². The van der Waals surface area contributed by atoms with Gasteiger partial charge in [0.15, 0.2) is 0 Å². The number of hydrogen-bond acceptors (Lipinski definition) is 2. The summed E-state index contributed by atoms with van der Waals surface area (Å²) in [5.41, 5.74) is 4.46. The third kappa shape index (κ3) is 3.50. The lowest BCUT2D eigenvalue weighted by Crippen LogP contribution is -2.03. The Balaban J connectivity index is 1.50. The van der Waals surface area contributed by atoms with Gasteiger partial charge in [0.2, 0.25) is 0 Å². The normalized spacial score (nSPS) is 11.1. The van der Waals surface area contributed by atoms with Gasteiger partial charge in [0.1, 0.15) is 5.75 Å². The van der Waals surface area contributed by atoms with Crippen LogP contribution in [0, 0.1) is 13.8 Å². The Kier molecular flexibility index (Phi) is 4.87. The molecule has 0 bridgehead atoms. The Hall–Kier alpha value is -2.00. The average Bonchev–Trinajstić information content (AvgIpc) is 2.98. The number of unbranched alkanes of at least 4 members (excludes halogenated alkanes) is 1. The zero-order valence-corrected chi connectivity index (χ0v) is 14.3. The van der Waals surface area contributed by atoms with Crippen LogP contribution in [0.2, 0.25) is 5.02 Å². The Morgan fingerprint density at radius 3 is 2.74 bits per heavy atom. The number of nitrogens with zero attached hydrogens (tertiary/aromatic N) is 2. The van der Waals surface area contributed by atoms with E-state index in [4.69, 9.17) is 16.3 Å². The van der Waals surface area contributed by atoms with Gasteiger partial charge in [0, 0.05) is 11.6 Å². The summed E-state index contributed by atoms with van der Waals surface area (Å²) in [5, 5.41) is 0.793. The molecule has 3 nitrogen and oxygen atoms in total. The van der Waals surface area contributed by atoms with Crippen molar-refractivity contribution in [2.24, 2.45) is 0 Å². The molecule has 0 saturated carbocycles. The van der Waals surface area contributed by atoms with Gasteiger partial charge in [-0.3, -0.25) is 0 Å². The third-order valence-electron chi connectivity index (χ3n) is 4.25. The van der Waals surface area contributed by atoms with Crippen molar-refractivity contribution in [1.82, 2.24) is 9.55 Å². The first-order valence-electron chi connectivity index (χ1n) is 7.95. The van der Waals surface area contributed by atoms with Crippen molar-refractivity contribution in [3.63, 3.8) is 0 Å². The van der Waals surface area contributed by atoms with E-state index in [-0.39, 0.29) is 0 Å². The molecule has 3 aromatic rings. The number of hydrogen-bond donors (Lipinski definition) is 0. The summed E-state index contributed by atoms with van der Waals surface area (Å²) in [6.45, 7) is 5.75. The highest BCUT2D eigenvalue weighted by molar-refractivity contribution is 6.31. The molecule has 0 aliphatic rings. The SMILES string of the molecule is Cc1c(Cl)ccc(OCCCCn2cnc3ccccc32)c1C. The second kappa shape index (κ2) is 7.05. The molecule has 4 heteroatoms. The van der Waals surface area contributed by atoms with Crippen LogP contribution < -0.4 is 4.74 Å². The lowest BCUT2D eigenvalue weighted by Gasteiger charge is -2.12. The summed E-state index contributed by atoms with van der Waals surface area (Å²) in [6, 6.07) is 12.1. The van der Waals surface area contributed by atoms with Gasteiger partial charge in [0.05, 0.1) is 24.0 Å². The minimum Gasteiger partial charge on any atom is -0.493 e. The largest absolute Gasteiger partial charge is 0.493 e. The fourth-order valence-electron chi connectivity index (χ4n) is 2.67. The molecule has 0 spiro atoms. The first-order valence-corrected chi connectivity index (χ1v) is 8.33. The maximum absolute atomic E-state index is 6.11. The van der Waals surface area contributed by atoms with E-state index < -0.39 is 0 Å². The molecule has 3 rings (SSSR count). The molecule has 0 N–H and O–H groups in total. The van der Waals surface area contributed by atoms with Gasteiger partial charge in [-0.15, -0.1) is 0 Å². The van der Waals surface area contributed by atoms with Crippen molar-refractivity contribution < 1.29 is 4.74 Å². The highest BCUT2D eigenvalue weighted by Crippen LogP contribution is 2.27. The van der Waals surface area contributed by atoms with Gasteiger partial charge < -0.3 is 9.30 Å². The predicted molar refractivity (Wildman–Crippen MR) is 95.4 cm³/mol. The molecule has 120 valence electrons. The average molecular weight is 329 g/mol. The number of halogens is 1. The summed E-state index contributed by atoms with van der Waals surface area (Å²) in [7, 11) is 0. The first-order chi connectivity index (χ1) is 11.2. The molecule has 0 amide bonds. The zero-order chi connectivity index (χ0) is 16.2. The third-order valence-corrected chi connectivity index (χ3v) is 4.66. The maximum atomic E-state index is 6.11. The minimum atomic E-state index is 0.717. The Morgan fingerprint density at radius 1 is 1.04 bits per heavy atom. The fourth-order valence-corrected chi connectivity index (χ4v) is 2.88. The van der Waals surface area contributed by atoms with Gasteiger partial charge in [-0.05, 0) is 62.1 Å². The highest BCUT2D eigenvalue weighted by Gasteiger charge is 2.06. The number of para-hydroxylation sites is 2. The minimum absolute atomic E-state index is 0.717. The lowest BCUT2D eigenvalue weighted by molar-refractivity contribution is 0.301. The van der Waals surface area contributed by atoms with Crippen LogP contribution in [0.1, 0.15) is 24.0 Å². The standard InChI is InChI=1S/C19H21ClN2O/c1-14-15(2)19(10-9-16(14)20)23-12-6-5-11-22-13-21-17-7-3-4-8-18(17)22/h3-4,7-10,13H,5-6,11-12H2,1-2H3. The molecule has 0 saturated heterocycles. The Labute approximate surface area is 141 Å². The summed E-state index contributed by atoms with van der Waals surface area (Å²) in [5.74, 6) is 0.931. The van der Waals surface area contributed by atoms with Crippen LogP contribution in [-0.4, -0.2) is 16.2 Å². The molecule has 23 heavy (non-hydrogen) atoms. The molecule has 2 aromatic carbocycles. The highest BCUT2D eigenvalue weighted by atomic mass is 35.5. The van der Waals surface area contributed by atoms with Crippen molar-refractivity contribution in [2.45, 2.75) is 33.2 Å². The number of imidazole rings is 1. The van der Waals surface area contributed by atoms with E-state index in [2.05, 4.69) is 21.7 Å². The Morgan fingerprint density at radius 2 is 1.87 bits per heavy atom. The first kappa shape index (κ1) is 15.9. The molecule has 0 fully saturated rings. The van der Waals surface area contributed by atoms with Gasteiger partial charge >= 0.3 is 0 Å². The summed E-state index contributed by atoms with van der Waals surface area (Å²) in [4.78, 5) is 4.41. The molecule has 0 radical (unpaired) electrons. The second-order valence-corrected chi connectivity index (χ2v) is 6.18.